The lowest BCUT2D eigenvalue weighted by atomic mass is 10.1. The zero-order valence-electron chi connectivity index (χ0n) is 10.7. The van der Waals surface area contributed by atoms with Crippen LogP contribution in [0.15, 0.2) is 18.2 Å². The number of carboxylic acid groups (broad SMARTS) is 1. The number of aromatic carboxylic acids is 1. The van der Waals surface area contributed by atoms with Gasteiger partial charge in [-0.2, -0.15) is 0 Å². The van der Waals surface area contributed by atoms with E-state index in [4.69, 9.17) is 26.2 Å². The van der Waals surface area contributed by atoms with Gasteiger partial charge in [-0.3, -0.25) is 0 Å². The molecule has 0 atom stereocenters. The maximum absolute atomic E-state index is 11.0. The number of carboxylic acids is 1. The molecule has 0 aliphatic rings. The predicted molar refractivity (Wildman–Crippen MR) is 69.6 cm³/mol. The first-order valence-electron chi connectivity index (χ1n) is 5.56. The topological polar surface area (TPSA) is 55.8 Å². The van der Waals surface area contributed by atoms with E-state index in [2.05, 4.69) is 0 Å². The van der Waals surface area contributed by atoms with Crippen LogP contribution in [0.5, 0.6) is 5.75 Å². The minimum atomic E-state index is -1.06. The first-order chi connectivity index (χ1) is 8.35. The van der Waals surface area contributed by atoms with Crippen LogP contribution in [-0.2, 0) is 4.74 Å². The number of rotatable bonds is 6. The fourth-order valence-corrected chi connectivity index (χ4v) is 1.48. The first-order valence-corrected chi connectivity index (χ1v) is 5.94. The van der Waals surface area contributed by atoms with Gasteiger partial charge in [-0.15, -0.1) is 0 Å². The van der Waals surface area contributed by atoms with E-state index < -0.39 is 5.97 Å². The molecular weight excluding hydrogens is 256 g/mol. The molecule has 0 unspecified atom stereocenters. The number of hydrogen-bond acceptors (Lipinski definition) is 3. The average molecular weight is 273 g/mol. The van der Waals surface area contributed by atoms with Gasteiger partial charge in [0.2, 0.25) is 0 Å². The van der Waals surface area contributed by atoms with Crippen molar-refractivity contribution < 1.29 is 19.4 Å². The number of ether oxygens (including phenoxy) is 2. The maximum atomic E-state index is 11.0. The Morgan fingerprint density at radius 3 is 2.67 bits per heavy atom. The van der Waals surface area contributed by atoms with Crippen molar-refractivity contribution in [3.8, 4) is 5.75 Å². The van der Waals surface area contributed by atoms with E-state index in [-0.39, 0.29) is 11.2 Å². The van der Waals surface area contributed by atoms with Gasteiger partial charge in [-0.05, 0) is 32.0 Å². The molecule has 0 aliphatic carbocycles. The third-order valence-corrected chi connectivity index (χ3v) is 2.92. The third kappa shape index (κ3) is 4.20. The fraction of sp³-hybridized carbons (Fsp3) is 0.462. The molecule has 0 aliphatic heterocycles. The monoisotopic (exact) mass is 272 g/mol. The van der Waals surface area contributed by atoms with Crippen LogP contribution in [0.1, 0.15) is 30.6 Å². The summed E-state index contributed by atoms with van der Waals surface area (Å²) in [5, 5.41) is 9.40. The number of hydrogen-bond donors (Lipinski definition) is 1. The third-order valence-electron chi connectivity index (χ3n) is 2.69. The molecule has 0 bridgehead atoms. The van der Waals surface area contributed by atoms with Gasteiger partial charge in [0.25, 0.3) is 0 Å². The molecule has 0 spiro atoms. The van der Waals surface area contributed by atoms with Crippen LogP contribution in [0.3, 0.4) is 0 Å². The molecule has 0 heterocycles. The van der Waals surface area contributed by atoms with Crippen molar-refractivity contribution in [1.82, 2.24) is 0 Å². The second kappa shape index (κ2) is 6.07. The van der Waals surface area contributed by atoms with Crippen molar-refractivity contribution in [1.29, 1.82) is 0 Å². The highest BCUT2D eigenvalue weighted by atomic mass is 35.5. The second-order valence-electron chi connectivity index (χ2n) is 4.51. The molecule has 0 saturated carbocycles. The number of halogens is 1. The molecule has 1 N–H and O–H groups in total. The van der Waals surface area contributed by atoms with E-state index in [1.54, 1.807) is 19.2 Å². The summed E-state index contributed by atoms with van der Waals surface area (Å²) in [7, 11) is 1.63. The first kappa shape index (κ1) is 14.8. The second-order valence-corrected chi connectivity index (χ2v) is 4.94. The molecule has 0 amide bonds. The lowest BCUT2D eigenvalue weighted by molar-refractivity contribution is 0.00538. The van der Waals surface area contributed by atoms with E-state index in [0.717, 1.165) is 0 Å². The highest BCUT2D eigenvalue weighted by Gasteiger charge is 2.17. The minimum Gasteiger partial charge on any atom is -0.493 e. The Balaban J connectivity index is 2.70. The zero-order chi connectivity index (χ0) is 13.8. The van der Waals surface area contributed by atoms with Crippen molar-refractivity contribution in [2.75, 3.05) is 13.7 Å². The van der Waals surface area contributed by atoms with Crippen LogP contribution in [0.4, 0.5) is 0 Å². The highest BCUT2D eigenvalue weighted by Crippen LogP contribution is 2.24. The summed E-state index contributed by atoms with van der Waals surface area (Å²) in [6.45, 7) is 4.26. The molecule has 100 valence electrons. The summed E-state index contributed by atoms with van der Waals surface area (Å²) in [6.07, 6.45) is 0.658. The highest BCUT2D eigenvalue weighted by molar-refractivity contribution is 6.31. The molecule has 18 heavy (non-hydrogen) atoms. The van der Waals surface area contributed by atoms with E-state index in [1.807, 2.05) is 13.8 Å². The molecule has 1 rings (SSSR count). The van der Waals surface area contributed by atoms with Gasteiger partial charge in [-0.1, -0.05) is 11.6 Å². The Bertz CT molecular complexity index is 429. The van der Waals surface area contributed by atoms with Gasteiger partial charge in [-0.25, -0.2) is 4.79 Å². The van der Waals surface area contributed by atoms with E-state index in [1.165, 1.54) is 6.07 Å². The quantitative estimate of drug-likeness (QED) is 0.864. The van der Waals surface area contributed by atoms with Crippen LogP contribution in [0.2, 0.25) is 5.02 Å². The van der Waals surface area contributed by atoms with Gasteiger partial charge >= 0.3 is 5.97 Å². The minimum absolute atomic E-state index is 0.0673. The number of carbonyl (C=O) groups is 1. The molecule has 0 saturated heterocycles. The summed E-state index contributed by atoms with van der Waals surface area (Å²) in [4.78, 5) is 11.0. The predicted octanol–water partition coefficient (Wildman–Crippen LogP) is 3.23. The maximum Gasteiger partial charge on any atom is 0.339 e. The Morgan fingerprint density at radius 1 is 1.44 bits per heavy atom. The summed E-state index contributed by atoms with van der Waals surface area (Å²) < 4.78 is 10.7. The van der Waals surface area contributed by atoms with Crippen LogP contribution >= 0.6 is 11.6 Å². The standard InChI is InChI=1S/C13H17ClO4/c1-13(2,17-3)6-7-18-11-5-4-9(14)8-10(11)12(15)16/h4-5,8H,6-7H2,1-3H3,(H,15,16). The Hall–Kier alpha value is -1.26. The number of methoxy groups -OCH3 is 1. The van der Waals surface area contributed by atoms with Crippen molar-refractivity contribution in [2.24, 2.45) is 0 Å². The molecule has 1 aromatic carbocycles. The van der Waals surface area contributed by atoms with E-state index in [0.29, 0.717) is 23.8 Å². The lowest BCUT2D eigenvalue weighted by Gasteiger charge is -2.22. The normalized spacial score (nSPS) is 11.3. The fourth-order valence-electron chi connectivity index (χ4n) is 1.30. The Kier molecular flexibility index (Phi) is 4.99. The zero-order valence-corrected chi connectivity index (χ0v) is 11.5. The summed E-state index contributed by atoms with van der Waals surface area (Å²) in [5.41, 5.74) is -0.228. The van der Waals surface area contributed by atoms with Crippen LogP contribution in [-0.4, -0.2) is 30.4 Å². The molecule has 0 aromatic heterocycles. The Morgan fingerprint density at radius 2 is 2.11 bits per heavy atom. The van der Waals surface area contributed by atoms with E-state index >= 15 is 0 Å². The van der Waals surface area contributed by atoms with Crippen LogP contribution in [0, 0.1) is 0 Å². The molecule has 0 fully saturated rings. The largest absolute Gasteiger partial charge is 0.493 e. The van der Waals surface area contributed by atoms with Crippen LogP contribution in [0.25, 0.3) is 0 Å². The lowest BCUT2D eigenvalue weighted by Crippen LogP contribution is -2.25. The van der Waals surface area contributed by atoms with Gasteiger partial charge < -0.3 is 14.6 Å². The molecule has 1 aromatic rings. The van der Waals surface area contributed by atoms with E-state index in [9.17, 15) is 4.79 Å². The van der Waals surface area contributed by atoms with Crippen molar-refractivity contribution in [3.63, 3.8) is 0 Å². The van der Waals surface area contributed by atoms with Gasteiger partial charge in [0.1, 0.15) is 11.3 Å². The van der Waals surface area contributed by atoms with Crippen molar-refractivity contribution in [2.45, 2.75) is 25.9 Å². The van der Waals surface area contributed by atoms with Gasteiger partial charge in [0.15, 0.2) is 0 Å². The molecule has 0 radical (unpaired) electrons. The number of benzene rings is 1. The SMILES string of the molecule is COC(C)(C)CCOc1ccc(Cl)cc1C(=O)O. The summed E-state index contributed by atoms with van der Waals surface area (Å²) in [6, 6.07) is 4.54. The van der Waals surface area contributed by atoms with Gasteiger partial charge in [0, 0.05) is 18.6 Å². The van der Waals surface area contributed by atoms with Gasteiger partial charge in [0.05, 0.1) is 12.2 Å². The molecule has 5 heteroatoms. The molecular formula is C13H17ClO4. The van der Waals surface area contributed by atoms with Crippen molar-refractivity contribution in [3.05, 3.63) is 28.8 Å². The summed E-state index contributed by atoms with van der Waals surface area (Å²) >= 11 is 5.75. The summed E-state index contributed by atoms with van der Waals surface area (Å²) in [5.74, 6) is -0.739. The Labute approximate surface area is 111 Å². The van der Waals surface area contributed by atoms with Crippen LogP contribution < -0.4 is 4.74 Å². The smallest absolute Gasteiger partial charge is 0.339 e. The average Bonchev–Trinajstić information content (AvgIpc) is 2.30. The van der Waals surface area contributed by atoms with Crippen molar-refractivity contribution >= 4 is 17.6 Å². The molecule has 4 nitrogen and oxygen atoms in total.